The summed E-state index contributed by atoms with van der Waals surface area (Å²) in [5.41, 5.74) is 1.81. The highest BCUT2D eigenvalue weighted by atomic mass is 35.5. The quantitative estimate of drug-likeness (QED) is 0.768. The molecule has 0 saturated heterocycles. The fourth-order valence-corrected chi connectivity index (χ4v) is 1.43. The lowest BCUT2D eigenvalue weighted by molar-refractivity contribution is -0.139. The summed E-state index contributed by atoms with van der Waals surface area (Å²) in [4.78, 5) is 21.9. The zero-order valence-corrected chi connectivity index (χ0v) is 9.54. The van der Waals surface area contributed by atoms with Gasteiger partial charge in [0.2, 0.25) is 5.78 Å². The van der Waals surface area contributed by atoms with Gasteiger partial charge in [-0.1, -0.05) is 17.7 Å². The minimum atomic E-state index is -0.841. The molecule has 1 aromatic rings. The maximum Gasteiger partial charge on any atom is 0.290 e. The third kappa shape index (κ3) is 3.32. The molecular weight excluding hydrogens is 230 g/mol. The Morgan fingerprint density at radius 3 is 2.69 bits per heavy atom. The number of Topliss-reactive ketones (excluding diaryl/α,β-unsaturated/α-hetero) is 1. The monoisotopic (exact) mass is 241 g/mol. The summed E-state index contributed by atoms with van der Waals surface area (Å²) < 4.78 is 0. The molecule has 1 amide bonds. The van der Waals surface area contributed by atoms with Crippen molar-refractivity contribution < 1.29 is 14.7 Å². The van der Waals surface area contributed by atoms with Crippen molar-refractivity contribution in [2.24, 2.45) is 0 Å². The second-order valence-corrected chi connectivity index (χ2v) is 3.77. The van der Waals surface area contributed by atoms with Crippen molar-refractivity contribution in [2.45, 2.75) is 13.5 Å². The van der Waals surface area contributed by atoms with Crippen LogP contribution < -0.4 is 5.32 Å². The van der Waals surface area contributed by atoms with Gasteiger partial charge in [-0.3, -0.25) is 9.59 Å². The lowest BCUT2D eigenvalue weighted by Crippen LogP contribution is -2.32. The first kappa shape index (κ1) is 12.7. The molecule has 2 N–H and O–H groups in total. The standard InChI is InChI=1S/C11H12ClNO3/c1-7-4-9(12)3-2-8(7)5-13-11(16)10(15)6-14/h2-4,14H,5-6H2,1H3,(H,13,16). The average Bonchev–Trinajstić information content (AvgIpc) is 2.26. The number of hydrogen-bond donors (Lipinski definition) is 2. The Balaban J connectivity index is 2.61. The van der Waals surface area contributed by atoms with Crippen LogP contribution in [0.1, 0.15) is 11.1 Å². The van der Waals surface area contributed by atoms with E-state index in [9.17, 15) is 9.59 Å². The van der Waals surface area contributed by atoms with Crippen LogP contribution in [0, 0.1) is 6.92 Å². The maximum absolute atomic E-state index is 11.1. The van der Waals surface area contributed by atoms with E-state index < -0.39 is 18.3 Å². The molecule has 1 rings (SSSR count). The van der Waals surface area contributed by atoms with E-state index in [1.807, 2.05) is 6.92 Å². The van der Waals surface area contributed by atoms with E-state index in [0.717, 1.165) is 11.1 Å². The van der Waals surface area contributed by atoms with Gasteiger partial charge in [-0.25, -0.2) is 0 Å². The molecule has 5 heteroatoms. The van der Waals surface area contributed by atoms with Crippen LogP contribution in [0.2, 0.25) is 5.02 Å². The number of halogens is 1. The molecular formula is C11H12ClNO3. The molecule has 0 aromatic heterocycles. The van der Waals surface area contributed by atoms with Gasteiger partial charge in [0, 0.05) is 11.6 Å². The molecule has 86 valence electrons. The van der Waals surface area contributed by atoms with Gasteiger partial charge in [0.05, 0.1) is 0 Å². The largest absolute Gasteiger partial charge is 0.388 e. The summed E-state index contributed by atoms with van der Waals surface area (Å²) in [5, 5.41) is 11.5. The van der Waals surface area contributed by atoms with Crippen molar-refractivity contribution in [1.82, 2.24) is 5.32 Å². The van der Waals surface area contributed by atoms with E-state index in [4.69, 9.17) is 16.7 Å². The van der Waals surface area contributed by atoms with E-state index in [2.05, 4.69) is 5.32 Å². The van der Waals surface area contributed by atoms with Gasteiger partial charge in [0.15, 0.2) is 0 Å². The topological polar surface area (TPSA) is 66.4 Å². The van der Waals surface area contributed by atoms with Crippen LogP contribution in [-0.2, 0) is 16.1 Å². The predicted molar refractivity (Wildman–Crippen MR) is 60.1 cm³/mol. The van der Waals surface area contributed by atoms with E-state index >= 15 is 0 Å². The van der Waals surface area contributed by atoms with E-state index in [0.29, 0.717) is 5.02 Å². The first-order valence-electron chi connectivity index (χ1n) is 4.71. The fourth-order valence-electron chi connectivity index (χ4n) is 1.20. The molecule has 0 aliphatic heterocycles. The third-order valence-electron chi connectivity index (χ3n) is 2.14. The van der Waals surface area contributed by atoms with Gasteiger partial charge in [-0.05, 0) is 30.2 Å². The number of nitrogens with one attached hydrogen (secondary N) is 1. The van der Waals surface area contributed by atoms with Gasteiger partial charge < -0.3 is 10.4 Å². The Morgan fingerprint density at radius 1 is 1.44 bits per heavy atom. The number of carbonyl (C=O) groups is 2. The Morgan fingerprint density at radius 2 is 2.12 bits per heavy atom. The van der Waals surface area contributed by atoms with Crippen LogP contribution in [0.3, 0.4) is 0 Å². The maximum atomic E-state index is 11.1. The van der Waals surface area contributed by atoms with Gasteiger partial charge in [-0.15, -0.1) is 0 Å². The Hall–Kier alpha value is -1.39. The van der Waals surface area contributed by atoms with Gasteiger partial charge >= 0.3 is 0 Å². The van der Waals surface area contributed by atoms with Crippen LogP contribution in [0.25, 0.3) is 0 Å². The molecule has 4 nitrogen and oxygen atoms in total. The van der Waals surface area contributed by atoms with Crippen LogP contribution in [0.4, 0.5) is 0 Å². The van der Waals surface area contributed by atoms with Crippen molar-refractivity contribution in [2.75, 3.05) is 6.61 Å². The molecule has 0 fully saturated rings. The minimum Gasteiger partial charge on any atom is -0.388 e. The van der Waals surface area contributed by atoms with Crippen molar-refractivity contribution in [3.05, 3.63) is 34.3 Å². The van der Waals surface area contributed by atoms with Crippen LogP contribution in [0.5, 0.6) is 0 Å². The van der Waals surface area contributed by atoms with Gasteiger partial charge in [0.1, 0.15) is 6.61 Å². The molecule has 0 saturated carbocycles. The molecule has 0 atom stereocenters. The van der Waals surface area contributed by atoms with E-state index in [1.54, 1.807) is 18.2 Å². The summed E-state index contributed by atoms with van der Waals surface area (Å²) >= 11 is 5.78. The third-order valence-corrected chi connectivity index (χ3v) is 2.38. The molecule has 16 heavy (non-hydrogen) atoms. The zero-order chi connectivity index (χ0) is 12.1. The molecule has 1 aromatic carbocycles. The highest BCUT2D eigenvalue weighted by Crippen LogP contribution is 2.14. The van der Waals surface area contributed by atoms with Crippen LogP contribution >= 0.6 is 11.6 Å². The second-order valence-electron chi connectivity index (χ2n) is 3.33. The number of aliphatic hydroxyl groups is 1. The van der Waals surface area contributed by atoms with Crippen molar-refractivity contribution in [3.63, 3.8) is 0 Å². The first-order chi connectivity index (χ1) is 7.54. The molecule has 0 radical (unpaired) electrons. The van der Waals surface area contributed by atoms with Crippen LogP contribution in [0.15, 0.2) is 18.2 Å². The van der Waals surface area contributed by atoms with Crippen LogP contribution in [-0.4, -0.2) is 23.4 Å². The number of hydrogen-bond acceptors (Lipinski definition) is 3. The average molecular weight is 242 g/mol. The normalized spacial score (nSPS) is 9.94. The summed E-state index contributed by atoms with van der Waals surface area (Å²) in [6, 6.07) is 5.27. The Labute approximate surface area is 98.2 Å². The molecule has 0 heterocycles. The smallest absolute Gasteiger partial charge is 0.290 e. The number of ketones is 1. The molecule has 0 unspecified atom stereocenters. The molecule has 0 bridgehead atoms. The fraction of sp³-hybridized carbons (Fsp3) is 0.273. The minimum absolute atomic E-state index is 0.244. The number of rotatable bonds is 4. The number of benzene rings is 1. The van der Waals surface area contributed by atoms with Crippen molar-refractivity contribution >= 4 is 23.3 Å². The van der Waals surface area contributed by atoms with Crippen molar-refractivity contribution in [1.29, 1.82) is 0 Å². The second kappa shape index (κ2) is 5.63. The van der Waals surface area contributed by atoms with Crippen molar-refractivity contribution in [3.8, 4) is 0 Å². The molecule has 0 spiro atoms. The predicted octanol–water partition coefficient (Wildman–Crippen LogP) is 0.826. The number of aliphatic hydroxyl groups excluding tert-OH is 1. The highest BCUT2D eigenvalue weighted by molar-refractivity contribution is 6.36. The molecule has 0 aliphatic rings. The highest BCUT2D eigenvalue weighted by Gasteiger charge is 2.11. The van der Waals surface area contributed by atoms with E-state index in [1.165, 1.54) is 0 Å². The Bertz CT molecular complexity index is 418. The lowest BCUT2D eigenvalue weighted by atomic mass is 10.1. The lowest BCUT2D eigenvalue weighted by Gasteiger charge is -2.07. The summed E-state index contributed by atoms with van der Waals surface area (Å²) in [7, 11) is 0. The molecule has 0 aliphatic carbocycles. The SMILES string of the molecule is Cc1cc(Cl)ccc1CNC(=O)C(=O)CO. The number of carbonyl (C=O) groups excluding carboxylic acids is 2. The Kier molecular flexibility index (Phi) is 4.46. The zero-order valence-electron chi connectivity index (χ0n) is 8.79. The van der Waals surface area contributed by atoms with Gasteiger partial charge in [0.25, 0.3) is 5.91 Å². The van der Waals surface area contributed by atoms with E-state index in [-0.39, 0.29) is 6.54 Å². The number of aryl methyl sites for hydroxylation is 1. The first-order valence-corrected chi connectivity index (χ1v) is 5.09. The summed E-state index contributed by atoms with van der Waals surface area (Å²) in [6.07, 6.45) is 0. The summed E-state index contributed by atoms with van der Waals surface area (Å²) in [5.74, 6) is -1.62. The summed E-state index contributed by atoms with van der Waals surface area (Å²) in [6.45, 7) is 1.33. The van der Waals surface area contributed by atoms with Gasteiger partial charge in [-0.2, -0.15) is 0 Å². The number of amides is 1.